The number of hydrogen-bond donors (Lipinski definition) is 1. The molecule has 0 radical (unpaired) electrons. The molecule has 1 unspecified atom stereocenters. The van der Waals surface area contributed by atoms with Crippen LogP contribution in [0.4, 0.5) is 5.69 Å². The number of para-hydroxylation sites is 3. The molecule has 0 spiro atoms. The maximum absolute atomic E-state index is 13.8. The minimum absolute atomic E-state index is 0.00182. The van der Waals surface area contributed by atoms with Crippen LogP contribution >= 0.6 is 0 Å². The van der Waals surface area contributed by atoms with Gasteiger partial charge >= 0.3 is 0 Å². The highest BCUT2D eigenvalue weighted by molar-refractivity contribution is 6.48. The molecule has 4 nitrogen and oxygen atoms in total. The van der Waals surface area contributed by atoms with E-state index in [1.54, 1.807) is 0 Å². The molecule has 0 fully saturated rings. The van der Waals surface area contributed by atoms with Gasteiger partial charge in [0.15, 0.2) is 9.04 Å². The quantitative estimate of drug-likeness (QED) is 0.202. The van der Waals surface area contributed by atoms with Crippen molar-refractivity contribution in [2.75, 3.05) is 5.32 Å². The molecule has 0 saturated heterocycles. The normalized spacial score (nSPS) is 14.5. The van der Waals surface area contributed by atoms with E-state index >= 15 is 0 Å². The summed E-state index contributed by atoms with van der Waals surface area (Å²) in [4.78, 5) is 13.8. The molecular weight excluding hydrogens is 534 g/mol. The van der Waals surface area contributed by atoms with Gasteiger partial charge in [0, 0.05) is 29.2 Å². The first kappa shape index (κ1) is 29.8. The Morgan fingerprint density at radius 1 is 0.833 bits per heavy atom. The number of aryl methyl sites for hydroxylation is 2. The molecule has 0 aromatic heterocycles. The second-order valence-corrected chi connectivity index (χ2v) is 15.0. The van der Waals surface area contributed by atoms with Gasteiger partial charge in [-0.15, -0.1) is 0 Å². The van der Waals surface area contributed by atoms with E-state index in [0.29, 0.717) is 6.42 Å². The number of benzene rings is 4. The van der Waals surface area contributed by atoms with Crippen molar-refractivity contribution in [2.24, 2.45) is 5.41 Å². The number of carbonyl (C=O) groups excluding carboxylic acids is 1. The number of hydrogen-bond acceptors (Lipinski definition) is 3. The lowest BCUT2D eigenvalue weighted by atomic mass is 9.69. The summed E-state index contributed by atoms with van der Waals surface area (Å²) in [6.45, 7) is 13.4. The predicted octanol–water partition coefficient (Wildman–Crippen LogP) is 9.14. The maximum atomic E-state index is 13.8. The third-order valence-corrected chi connectivity index (χ3v) is 9.33. The van der Waals surface area contributed by atoms with Crippen molar-refractivity contribution in [1.29, 1.82) is 0 Å². The number of carbonyl (C=O) groups is 1. The molecule has 1 aliphatic heterocycles. The fourth-order valence-corrected chi connectivity index (χ4v) is 7.81. The van der Waals surface area contributed by atoms with Crippen molar-refractivity contribution in [3.8, 4) is 11.5 Å². The largest absolute Gasteiger partial charge is 0.457 e. The van der Waals surface area contributed by atoms with Gasteiger partial charge < -0.3 is 14.5 Å². The molecule has 4 aromatic carbocycles. The van der Waals surface area contributed by atoms with Gasteiger partial charge in [0.05, 0.1) is 5.60 Å². The highest BCUT2D eigenvalue weighted by atomic mass is 28.3. The molecule has 1 heterocycles. The minimum Gasteiger partial charge on any atom is -0.457 e. The van der Waals surface area contributed by atoms with Crippen LogP contribution in [0.2, 0.25) is 13.1 Å². The molecule has 5 rings (SSSR count). The summed E-state index contributed by atoms with van der Waals surface area (Å²) in [5.74, 6) is 1.56. The topological polar surface area (TPSA) is 47.6 Å². The van der Waals surface area contributed by atoms with Gasteiger partial charge in [-0.1, -0.05) is 106 Å². The van der Waals surface area contributed by atoms with Crippen molar-refractivity contribution in [2.45, 2.75) is 71.6 Å². The SMILES string of the molecule is Cc1cccc(CCC(O[SiH](C)C)(c2ccccc2)C(C)(C)C)c1NC(=O)CC1c2ccccc2Oc2ccccc21. The third kappa shape index (κ3) is 6.08. The number of fused-ring (bicyclic) bond motifs is 2. The zero-order valence-electron chi connectivity index (χ0n) is 25.7. The van der Waals surface area contributed by atoms with Crippen LogP contribution in [0.25, 0.3) is 0 Å². The third-order valence-electron chi connectivity index (χ3n) is 8.46. The van der Waals surface area contributed by atoms with Crippen LogP contribution in [-0.4, -0.2) is 14.9 Å². The molecule has 1 N–H and O–H groups in total. The van der Waals surface area contributed by atoms with Crippen molar-refractivity contribution < 1.29 is 14.0 Å². The number of nitrogens with one attached hydrogen (secondary N) is 1. The lowest BCUT2D eigenvalue weighted by Gasteiger charge is -2.47. The van der Waals surface area contributed by atoms with Gasteiger partial charge in [-0.2, -0.15) is 0 Å². The molecule has 4 aromatic rings. The second-order valence-electron chi connectivity index (χ2n) is 12.7. The van der Waals surface area contributed by atoms with Crippen LogP contribution in [-0.2, 0) is 21.2 Å². The van der Waals surface area contributed by atoms with Gasteiger partial charge in [0.25, 0.3) is 0 Å². The zero-order chi connectivity index (χ0) is 29.9. The van der Waals surface area contributed by atoms with Crippen LogP contribution in [0.15, 0.2) is 97.1 Å². The first-order valence-corrected chi connectivity index (χ1v) is 17.8. The molecule has 1 atom stereocenters. The van der Waals surface area contributed by atoms with Gasteiger partial charge in [0.1, 0.15) is 11.5 Å². The number of anilines is 1. The smallest absolute Gasteiger partial charge is 0.225 e. The minimum atomic E-state index is -1.39. The Morgan fingerprint density at radius 3 is 2.02 bits per heavy atom. The highest BCUT2D eigenvalue weighted by Crippen LogP contribution is 2.48. The Kier molecular flexibility index (Phi) is 8.72. The maximum Gasteiger partial charge on any atom is 0.225 e. The van der Waals surface area contributed by atoms with E-state index < -0.39 is 14.6 Å². The Bertz CT molecular complexity index is 1500. The van der Waals surface area contributed by atoms with Gasteiger partial charge in [-0.3, -0.25) is 4.79 Å². The highest BCUT2D eigenvalue weighted by Gasteiger charge is 2.44. The molecule has 218 valence electrons. The van der Waals surface area contributed by atoms with Gasteiger partial charge in [-0.05, 0) is 67.1 Å². The average molecular weight is 578 g/mol. The first-order valence-electron chi connectivity index (χ1n) is 15.1. The first-order chi connectivity index (χ1) is 20.1. The standard InChI is InChI=1S/C37H43NO3Si/c1-26-15-14-16-27(23-24-37(36(2,3)4,41-42(5)6)28-17-8-7-9-18-28)35(26)38-34(39)25-31-29-19-10-12-21-32(29)40-33-22-13-11-20-30(31)33/h7-22,31,42H,23-25H2,1-6H3,(H,38,39). The van der Waals surface area contributed by atoms with E-state index in [1.807, 2.05) is 36.4 Å². The monoisotopic (exact) mass is 577 g/mol. The Labute approximate surface area is 252 Å². The van der Waals surface area contributed by atoms with Crippen molar-refractivity contribution in [3.05, 3.63) is 125 Å². The van der Waals surface area contributed by atoms with Gasteiger partial charge in [0.2, 0.25) is 5.91 Å². The molecular formula is C37H43NO3Si. The van der Waals surface area contributed by atoms with Crippen LogP contribution < -0.4 is 10.1 Å². The van der Waals surface area contributed by atoms with Crippen LogP contribution in [0, 0.1) is 12.3 Å². The fourth-order valence-electron chi connectivity index (χ4n) is 6.40. The van der Waals surface area contributed by atoms with E-state index in [4.69, 9.17) is 9.16 Å². The van der Waals surface area contributed by atoms with Crippen LogP contribution in [0.3, 0.4) is 0 Å². The summed E-state index contributed by atoms with van der Waals surface area (Å²) in [6, 6.07) is 33.0. The lowest BCUT2D eigenvalue weighted by Crippen LogP contribution is -2.45. The summed E-state index contributed by atoms with van der Waals surface area (Å²) in [7, 11) is -1.39. The Hall–Kier alpha value is -3.67. The van der Waals surface area contributed by atoms with Crippen molar-refractivity contribution >= 4 is 20.6 Å². The molecule has 0 saturated carbocycles. The molecule has 1 aliphatic rings. The van der Waals surface area contributed by atoms with Gasteiger partial charge in [-0.25, -0.2) is 0 Å². The van der Waals surface area contributed by atoms with E-state index in [0.717, 1.165) is 52.3 Å². The molecule has 1 amide bonds. The molecule has 5 heteroatoms. The number of amides is 1. The summed E-state index contributed by atoms with van der Waals surface area (Å²) in [5.41, 5.74) is 5.86. The summed E-state index contributed by atoms with van der Waals surface area (Å²) in [5, 5.41) is 3.33. The molecule has 42 heavy (non-hydrogen) atoms. The summed E-state index contributed by atoms with van der Waals surface area (Å²) >= 11 is 0. The lowest BCUT2D eigenvalue weighted by molar-refractivity contribution is -0.116. The predicted molar refractivity (Wildman–Crippen MR) is 175 cm³/mol. The number of ether oxygens (including phenoxy) is 1. The van der Waals surface area contributed by atoms with Crippen molar-refractivity contribution in [3.63, 3.8) is 0 Å². The number of rotatable bonds is 9. The molecule has 0 bridgehead atoms. The fraction of sp³-hybridized carbons (Fsp3) is 0.324. The van der Waals surface area contributed by atoms with Crippen LogP contribution in [0.5, 0.6) is 11.5 Å². The second kappa shape index (κ2) is 12.3. The van der Waals surface area contributed by atoms with E-state index in [9.17, 15) is 4.79 Å². The molecule has 0 aliphatic carbocycles. The van der Waals surface area contributed by atoms with E-state index in [1.165, 1.54) is 5.56 Å². The Balaban J connectivity index is 1.42. The van der Waals surface area contributed by atoms with E-state index in [2.05, 4.69) is 107 Å². The summed E-state index contributed by atoms with van der Waals surface area (Å²) in [6.07, 6.45) is 1.94. The zero-order valence-corrected chi connectivity index (χ0v) is 26.9. The van der Waals surface area contributed by atoms with Crippen LogP contribution in [0.1, 0.15) is 67.3 Å². The average Bonchev–Trinajstić information content (AvgIpc) is 2.96. The van der Waals surface area contributed by atoms with E-state index in [-0.39, 0.29) is 17.2 Å². The summed E-state index contributed by atoms with van der Waals surface area (Å²) < 4.78 is 13.1. The Morgan fingerprint density at radius 2 is 1.43 bits per heavy atom. The van der Waals surface area contributed by atoms with Crippen molar-refractivity contribution in [1.82, 2.24) is 0 Å².